The molecule has 0 bridgehead atoms. The van der Waals surface area contributed by atoms with Gasteiger partial charge in [0.25, 0.3) is 0 Å². The van der Waals surface area contributed by atoms with E-state index in [1.807, 2.05) is 0 Å². The quantitative estimate of drug-likeness (QED) is 0.767. The van der Waals surface area contributed by atoms with Gasteiger partial charge in [0.05, 0.1) is 11.6 Å². The van der Waals surface area contributed by atoms with Gasteiger partial charge in [-0.15, -0.1) is 11.6 Å². The van der Waals surface area contributed by atoms with Crippen LogP contribution in [0.1, 0.15) is 26.5 Å². The van der Waals surface area contributed by atoms with Crippen LogP contribution < -0.4 is 4.90 Å². The zero-order chi connectivity index (χ0) is 14.0. The smallest absolute Gasteiger partial charge is 0.136 e. The summed E-state index contributed by atoms with van der Waals surface area (Å²) in [5, 5.41) is 2.39. The van der Waals surface area contributed by atoms with Crippen LogP contribution in [0, 0.1) is 5.92 Å². The highest BCUT2D eigenvalue weighted by Gasteiger charge is 2.17. The van der Waals surface area contributed by atoms with Crippen LogP contribution in [-0.4, -0.2) is 18.1 Å². The fourth-order valence-electron chi connectivity index (χ4n) is 2.21. The Labute approximate surface area is 120 Å². The lowest BCUT2D eigenvalue weighted by Crippen LogP contribution is -2.34. The normalized spacial score (nSPS) is 12.9. The van der Waals surface area contributed by atoms with Crippen molar-refractivity contribution in [2.45, 2.75) is 32.7 Å². The lowest BCUT2D eigenvalue weighted by atomic mass is 10.0. The Hall–Kier alpha value is -1.28. The summed E-state index contributed by atoms with van der Waals surface area (Å²) < 4.78 is 0. The lowest BCUT2D eigenvalue weighted by Gasteiger charge is -2.30. The standard InChI is InChI=1S/C16H21ClN2/c1-11(2)12(3)19(4)16-15-8-6-5-7-13(15)9-14(10-17)18-16/h5-9,11-12H,10H2,1-4H3. The fourth-order valence-corrected chi connectivity index (χ4v) is 2.35. The van der Waals surface area contributed by atoms with Gasteiger partial charge >= 0.3 is 0 Å². The monoisotopic (exact) mass is 276 g/mol. The van der Waals surface area contributed by atoms with Gasteiger partial charge in [-0.2, -0.15) is 0 Å². The molecule has 1 aromatic carbocycles. The number of aromatic nitrogens is 1. The minimum Gasteiger partial charge on any atom is -0.356 e. The molecule has 1 atom stereocenters. The number of benzene rings is 1. The molecule has 0 saturated carbocycles. The number of nitrogens with zero attached hydrogens (tertiary/aromatic N) is 2. The molecule has 1 unspecified atom stereocenters. The molecular weight excluding hydrogens is 256 g/mol. The van der Waals surface area contributed by atoms with E-state index in [1.165, 1.54) is 10.8 Å². The zero-order valence-electron chi connectivity index (χ0n) is 12.0. The highest BCUT2D eigenvalue weighted by molar-refractivity contribution is 6.17. The zero-order valence-corrected chi connectivity index (χ0v) is 12.8. The summed E-state index contributed by atoms with van der Waals surface area (Å²) in [4.78, 5) is 6.97. The van der Waals surface area contributed by atoms with Gasteiger partial charge in [-0.3, -0.25) is 0 Å². The van der Waals surface area contributed by atoms with E-state index in [2.05, 4.69) is 63.1 Å². The molecule has 0 aliphatic carbocycles. The minimum absolute atomic E-state index is 0.432. The summed E-state index contributed by atoms with van der Waals surface area (Å²) in [6, 6.07) is 10.8. The van der Waals surface area contributed by atoms with Crippen molar-refractivity contribution in [3.63, 3.8) is 0 Å². The molecule has 102 valence electrons. The molecule has 1 aromatic heterocycles. The van der Waals surface area contributed by atoms with Gasteiger partial charge in [-0.05, 0) is 24.3 Å². The molecule has 0 amide bonds. The number of rotatable bonds is 4. The maximum absolute atomic E-state index is 5.97. The summed E-state index contributed by atoms with van der Waals surface area (Å²) in [6.45, 7) is 6.69. The van der Waals surface area contributed by atoms with Gasteiger partial charge in [-0.25, -0.2) is 4.98 Å². The van der Waals surface area contributed by atoms with E-state index in [1.54, 1.807) is 0 Å². The van der Waals surface area contributed by atoms with Crippen molar-refractivity contribution in [2.75, 3.05) is 11.9 Å². The summed E-state index contributed by atoms with van der Waals surface area (Å²) >= 11 is 5.97. The first-order valence-electron chi connectivity index (χ1n) is 6.72. The van der Waals surface area contributed by atoms with E-state index in [9.17, 15) is 0 Å². The molecule has 0 fully saturated rings. The van der Waals surface area contributed by atoms with Crippen molar-refractivity contribution in [1.29, 1.82) is 0 Å². The second-order valence-corrected chi connectivity index (χ2v) is 5.65. The molecule has 0 N–H and O–H groups in total. The van der Waals surface area contributed by atoms with Crippen LogP contribution in [-0.2, 0) is 5.88 Å². The molecule has 3 heteroatoms. The van der Waals surface area contributed by atoms with Crippen molar-refractivity contribution < 1.29 is 0 Å². The lowest BCUT2D eigenvalue weighted by molar-refractivity contribution is 0.503. The highest BCUT2D eigenvalue weighted by atomic mass is 35.5. The Morgan fingerprint density at radius 1 is 1.21 bits per heavy atom. The Bertz CT molecular complexity index is 566. The van der Waals surface area contributed by atoms with E-state index in [-0.39, 0.29) is 0 Å². The van der Waals surface area contributed by atoms with E-state index >= 15 is 0 Å². The number of halogens is 1. The largest absolute Gasteiger partial charge is 0.356 e. The van der Waals surface area contributed by atoms with Crippen molar-refractivity contribution in [3.8, 4) is 0 Å². The van der Waals surface area contributed by atoms with E-state index < -0.39 is 0 Å². The van der Waals surface area contributed by atoms with E-state index in [4.69, 9.17) is 16.6 Å². The second-order valence-electron chi connectivity index (χ2n) is 5.39. The number of alkyl halides is 1. The number of anilines is 1. The van der Waals surface area contributed by atoms with Crippen molar-refractivity contribution in [2.24, 2.45) is 5.92 Å². The SMILES string of the molecule is CC(C)C(C)N(C)c1nc(CCl)cc2ccccc12. The molecule has 2 nitrogen and oxygen atoms in total. The van der Waals surface area contributed by atoms with Crippen LogP contribution in [0.25, 0.3) is 10.8 Å². The molecule has 0 radical (unpaired) electrons. The fraction of sp³-hybridized carbons (Fsp3) is 0.438. The summed E-state index contributed by atoms with van der Waals surface area (Å²) in [6.07, 6.45) is 0. The molecule has 19 heavy (non-hydrogen) atoms. The van der Waals surface area contributed by atoms with Crippen molar-refractivity contribution in [3.05, 3.63) is 36.0 Å². The minimum atomic E-state index is 0.432. The van der Waals surface area contributed by atoms with Crippen molar-refractivity contribution in [1.82, 2.24) is 4.98 Å². The molecule has 0 aliphatic heterocycles. The Morgan fingerprint density at radius 3 is 2.53 bits per heavy atom. The number of hydrogen-bond acceptors (Lipinski definition) is 2. The molecule has 1 heterocycles. The summed E-state index contributed by atoms with van der Waals surface area (Å²) in [5.74, 6) is 2.04. The average molecular weight is 277 g/mol. The molecular formula is C16H21ClN2. The summed E-state index contributed by atoms with van der Waals surface area (Å²) in [5.41, 5.74) is 0.929. The summed E-state index contributed by atoms with van der Waals surface area (Å²) in [7, 11) is 2.11. The highest BCUT2D eigenvalue weighted by Crippen LogP contribution is 2.28. The molecule has 0 spiro atoms. The molecule has 2 rings (SSSR count). The predicted octanol–water partition coefficient (Wildman–Crippen LogP) is 4.45. The maximum Gasteiger partial charge on any atom is 0.136 e. The van der Waals surface area contributed by atoms with E-state index in [0.717, 1.165) is 11.5 Å². The van der Waals surface area contributed by atoms with Crippen molar-refractivity contribution >= 4 is 28.2 Å². The molecule has 2 aromatic rings. The number of pyridine rings is 1. The number of hydrogen-bond donors (Lipinski definition) is 0. The number of fused-ring (bicyclic) bond motifs is 1. The Morgan fingerprint density at radius 2 is 1.89 bits per heavy atom. The van der Waals surface area contributed by atoms with Gasteiger partial charge in [-0.1, -0.05) is 38.1 Å². The Kier molecular flexibility index (Phi) is 4.31. The predicted molar refractivity (Wildman–Crippen MR) is 84.0 cm³/mol. The molecule has 0 saturated heterocycles. The third-order valence-corrected chi connectivity index (χ3v) is 4.09. The van der Waals surface area contributed by atoms with Gasteiger partial charge < -0.3 is 4.90 Å². The first-order valence-corrected chi connectivity index (χ1v) is 7.25. The van der Waals surface area contributed by atoms with Gasteiger partial charge in [0.2, 0.25) is 0 Å². The van der Waals surface area contributed by atoms with Gasteiger partial charge in [0.15, 0.2) is 0 Å². The van der Waals surface area contributed by atoms with Gasteiger partial charge in [0, 0.05) is 18.5 Å². The topological polar surface area (TPSA) is 16.1 Å². The maximum atomic E-state index is 5.97. The molecule has 0 aliphatic rings. The third-order valence-electron chi connectivity index (χ3n) is 3.82. The van der Waals surface area contributed by atoms with Crippen LogP contribution in [0.5, 0.6) is 0 Å². The van der Waals surface area contributed by atoms with Crippen LogP contribution in [0.2, 0.25) is 0 Å². The van der Waals surface area contributed by atoms with Crippen LogP contribution >= 0.6 is 11.6 Å². The Balaban J connectivity index is 2.57. The average Bonchev–Trinajstić information content (AvgIpc) is 2.44. The first kappa shape index (κ1) is 14.1. The third kappa shape index (κ3) is 2.84. The second kappa shape index (κ2) is 5.79. The first-order chi connectivity index (χ1) is 9.04. The van der Waals surface area contributed by atoms with Crippen LogP contribution in [0.3, 0.4) is 0 Å². The van der Waals surface area contributed by atoms with Crippen LogP contribution in [0.15, 0.2) is 30.3 Å². The van der Waals surface area contributed by atoms with Gasteiger partial charge in [0.1, 0.15) is 5.82 Å². The van der Waals surface area contributed by atoms with Crippen LogP contribution in [0.4, 0.5) is 5.82 Å². The van der Waals surface area contributed by atoms with E-state index in [0.29, 0.717) is 17.8 Å².